The molecule has 4 aromatic rings. The lowest BCUT2D eigenvalue weighted by Gasteiger charge is -2.40. The Kier molecular flexibility index (Phi) is 6.33. The Hall–Kier alpha value is -4.23. The van der Waals surface area contributed by atoms with Gasteiger partial charge in [0.25, 0.3) is 0 Å². The number of thioether (sulfide) groups is 1. The zero-order valence-electron chi connectivity index (χ0n) is 48.5. The van der Waals surface area contributed by atoms with Crippen molar-refractivity contribution in [2.75, 3.05) is 44.6 Å². The molecule has 2 aliphatic heterocycles. The number of methoxy groups -OCH3 is 1. The fourth-order valence-corrected chi connectivity index (χ4v) is 5.85. The zero-order chi connectivity index (χ0) is 56.4. The number of amides is 1. The van der Waals surface area contributed by atoms with Crippen LogP contribution in [0.5, 0.6) is 0 Å². The summed E-state index contributed by atoms with van der Waals surface area (Å²) in [7, 11) is 0.525. The van der Waals surface area contributed by atoms with Gasteiger partial charge in [-0.3, -0.25) is 4.79 Å². The molecule has 1 fully saturated rings. The fraction of sp³-hybridized carbons (Fsp3) is 0.341. The van der Waals surface area contributed by atoms with E-state index >= 15 is 9.18 Å². The van der Waals surface area contributed by atoms with Crippen LogP contribution in [0.25, 0.3) is 11.1 Å². The summed E-state index contributed by atoms with van der Waals surface area (Å²) in [6.07, 6.45) is -16.7. The number of alkyl halides is 3. The van der Waals surface area contributed by atoms with Crippen molar-refractivity contribution in [3.05, 3.63) is 135 Å². The monoisotopic (exact) mass is 772 g/mol. The van der Waals surface area contributed by atoms with Gasteiger partial charge in [-0.05, 0) is 66.7 Å². The highest BCUT2D eigenvalue weighted by atomic mass is 32.2. The number of likely N-dealkylation sites (tertiary alicyclic amines) is 1. The highest BCUT2D eigenvalue weighted by molar-refractivity contribution is 8.02. The number of fused-ring (bicyclic) bond motifs is 1. The summed E-state index contributed by atoms with van der Waals surface area (Å²) >= 11 is 0.152. The second-order valence-electron chi connectivity index (χ2n) is 11.0. The number of aliphatic hydroxyl groups is 1. The van der Waals surface area contributed by atoms with Crippen LogP contribution in [0.2, 0.25) is 0 Å². The molecule has 280 valence electrons. The average molecular weight is 773 g/mol. The van der Waals surface area contributed by atoms with Crippen molar-refractivity contribution in [3.63, 3.8) is 0 Å². The third-order valence-corrected chi connectivity index (χ3v) is 8.47. The molecule has 1 unspecified atom stereocenters. The van der Waals surface area contributed by atoms with E-state index in [1.165, 1.54) is 0 Å². The first kappa shape index (κ1) is 19.9. The van der Waals surface area contributed by atoms with E-state index in [0.29, 0.717) is 19.2 Å². The number of benzene rings is 4. The van der Waals surface area contributed by atoms with Gasteiger partial charge in [0.05, 0.1) is 32.2 Å². The van der Waals surface area contributed by atoms with Gasteiger partial charge in [0.1, 0.15) is 12.6 Å². The van der Waals surface area contributed by atoms with Gasteiger partial charge < -0.3 is 24.5 Å². The lowest BCUT2D eigenvalue weighted by Crippen LogP contribution is -2.50. The molecule has 2 aliphatic rings. The lowest BCUT2D eigenvalue weighted by molar-refractivity contribution is -0.137. The molecule has 0 radical (unpaired) electrons. The smallest absolute Gasteiger partial charge is 0.384 e. The van der Waals surface area contributed by atoms with Crippen molar-refractivity contribution in [3.8, 4) is 11.1 Å². The summed E-state index contributed by atoms with van der Waals surface area (Å²) in [4.78, 5) is 14.0. The van der Waals surface area contributed by atoms with Gasteiger partial charge >= 0.3 is 6.18 Å². The Balaban J connectivity index is 1.69. The number of halogens is 5. The van der Waals surface area contributed by atoms with Crippen molar-refractivity contribution < 1.29 is 65.4 Å². The van der Waals surface area contributed by atoms with Crippen LogP contribution < -0.4 is 4.90 Å². The number of hydrogen-bond acceptors (Lipinski definition) is 6. The largest absolute Gasteiger partial charge is 0.416 e. The van der Waals surface area contributed by atoms with Crippen LogP contribution >= 0.6 is 11.8 Å². The quantitative estimate of drug-likeness (QED) is 0.146. The SMILES string of the molecule is [2H]C1=C(SCc2cccc(F)c2F)N(C([2H])([2H])C(=O)N(C([2H])([2H])c2ccc(-c3ccc(C(F)(F)F)cc3)cc2)C2([2H])C([2H])([2H])C([2H])([2H])N(C([2H])([2H])C([2H])([2H])OC)C([2H])([2H])C2([2H])[2H])c2c([2H])c([2H])c(C)c([2H])c2C1O. The molecule has 1 atom stereocenters. The molecule has 12 heteroatoms. The number of carbonyl (C=O) groups is 1. The van der Waals surface area contributed by atoms with Crippen LogP contribution in [0, 0.1) is 18.6 Å². The first-order valence-electron chi connectivity index (χ1n) is 25.8. The molecule has 1 amide bonds. The Bertz CT molecular complexity index is 2880. The van der Waals surface area contributed by atoms with Crippen LogP contribution in [0.1, 0.15) is 75.5 Å². The molecule has 0 saturated carbocycles. The average Bonchev–Trinajstić information content (AvgIpc) is 3.30. The van der Waals surface area contributed by atoms with Gasteiger partial charge in [-0.15, -0.1) is 11.8 Å². The van der Waals surface area contributed by atoms with E-state index in [4.69, 9.17) is 16.4 Å². The number of rotatable bonds is 12. The molecule has 53 heavy (non-hydrogen) atoms. The highest BCUT2D eigenvalue weighted by Gasteiger charge is 2.33. The van der Waals surface area contributed by atoms with Crippen molar-refractivity contribution in [2.45, 2.75) is 50.2 Å². The van der Waals surface area contributed by atoms with Gasteiger partial charge in [-0.1, -0.05) is 66.2 Å². The van der Waals surface area contributed by atoms with Gasteiger partial charge in [-0.2, -0.15) is 13.2 Å². The highest BCUT2D eigenvalue weighted by Crippen LogP contribution is 2.41. The number of nitrogens with zero attached hydrogens (tertiary/aromatic N) is 3. The summed E-state index contributed by atoms with van der Waals surface area (Å²) in [6, 6.07) is 0.729. The van der Waals surface area contributed by atoms with Crippen LogP contribution in [0.3, 0.4) is 0 Å². The van der Waals surface area contributed by atoms with Crippen LogP contribution in [-0.4, -0.2) is 66.5 Å². The molecule has 1 saturated heterocycles. The molecule has 1 N–H and O–H groups in total. The summed E-state index contributed by atoms with van der Waals surface area (Å²) in [6.45, 7) is -24.9. The van der Waals surface area contributed by atoms with Crippen molar-refractivity contribution in [1.29, 1.82) is 0 Å². The zero-order valence-corrected chi connectivity index (χ0v) is 28.4. The molecule has 4 aromatic carbocycles. The third kappa shape index (κ3) is 9.29. The van der Waals surface area contributed by atoms with E-state index < -0.39 is 160 Å². The summed E-state index contributed by atoms with van der Waals surface area (Å²) in [5, 5.41) is 10.5. The lowest BCUT2D eigenvalue weighted by atomic mass is 9.99. The fourth-order valence-electron chi connectivity index (χ4n) is 4.87. The van der Waals surface area contributed by atoms with Crippen LogP contribution in [-0.2, 0) is 28.0 Å². The molecule has 2 heterocycles. The number of anilines is 1. The summed E-state index contributed by atoms with van der Waals surface area (Å²) < 4.78 is 264. The normalized spacial score (nSPS) is 28.2. The molecule has 0 aromatic heterocycles. The first-order valence-corrected chi connectivity index (χ1v) is 16.3. The van der Waals surface area contributed by atoms with E-state index in [2.05, 4.69) is 4.74 Å². The maximum Gasteiger partial charge on any atom is 0.416 e. The van der Waals surface area contributed by atoms with Crippen LogP contribution in [0.4, 0.5) is 27.6 Å². The number of aliphatic hydroxyl groups excluding tert-OH is 1. The summed E-state index contributed by atoms with van der Waals surface area (Å²) in [5.74, 6) is -6.40. The Labute approximate surface area is 340 Å². The van der Waals surface area contributed by atoms with Crippen molar-refractivity contribution >= 4 is 23.4 Å². The van der Waals surface area contributed by atoms with Gasteiger partial charge in [0.2, 0.25) is 5.91 Å². The molecular weight excluding hydrogens is 710 g/mol. The number of ether oxygens (including phenoxy) is 1. The second-order valence-corrected chi connectivity index (χ2v) is 12.0. The maximum absolute atomic E-state index is 15.8. The molecular formula is C41H42F5N3O3S. The maximum atomic E-state index is 15.8. The third-order valence-electron chi connectivity index (χ3n) is 7.44. The number of hydrogen-bond donors (Lipinski definition) is 1. The predicted molar refractivity (Wildman–Crippen MR) is 198 cm³/mol. The van der Waals surface area contributed by atoms with Gasteiger partial charge in [-0.25, -0.2) is 8.78 Å². The number of carbonyl (C=O) groups excluding carboxylic acids is 1. The first-order chi connectivity index (χ1) is 33.5. The Morgan fingerprint density at radius 1 is 1.08 bits per heavy atom. The summed E-state index contributed by atoms with van der Waals surface area (Å²) in [5.41, 5.74) is -4.83. The molecule has 0 spiro atoms. The molecule has 0 bridgehead atoms. The standard InChI is InChI=1S/C41H42F5N3O3S/c1-27-6-15-36-34(22-27)37(50)23-39(53-26-31-4-3-5-35(42)40(31)43)49(36)25-38(51)48(33-16-18-47(19-17-33)20-21-52-2)24-28-7-9-29(10-8-28)30-11-13-32(14-12-30)41(44,45)46/h3-15,22-23,33,37,50H,16-21,24-26H2,1-2H3/i6D,15D,16D2,17D2,18D2,19D2,20D2,21D2,22D,23D,24D2,25D2,33D. The minimum absolute atomic E-state index is 0.00506. The molecule has 6 rings (SSSR count). The van der Waals surface area contributed by atoms with E-state index in [1.54, 1.807) is 0 Å². The predicted octanol–water partition coefficient (Wildman–Crippen LogP) is 8.73. The Morgan fingerprint density at radius 3 is 2.42 bits per heavy atom. The van der Waals surface area contributed by atoms with Crippen molar-refractivity contribution in [1.82, 2.24) is 9.80 Å². The van der Waals surface area contributed by atoms with E-state index in [1.807, 2.05) is 0 Å². The van der Waals surface area contributed by atoms with E-state index in [-0.39, 0.29) is 33.4 Å². The minimum Gasteiger partial charge on any atom is -0.384 e. The molecule has 0 aliphatic carbocycles. The van der Waals surface area contributed by atoms with Crippen molar-refractivity contribution in [2.24, 2.45) is 0 Å². The van der Waals surface area contributed by atoms with Gasteiger partial charge in [0, 0.05) is 75.4 Å². The topological polar surface area (TPSA) is 56.3 Å². The Morgan fingerprint density at radius 2 is 1.75 bits per heavy atom. The second kappa shape index (κ2) is 16.8. The van der Waals surface area contributed by atoms with E-state index in [0.717, 1.165) is 61.5 Å². The van der Waals surface area contributed by atoms with E-state index in [9.17, 15) is 35.0 Å². The van der Waals surface area contributed by atoms with Crippen LogP contribution in [0.15, 0.2) is 95.9 Å². The minimum atomic E-state index is -4.94. The number of piperidine rings is 1. The molecule has 6 nitrogen and oxygen atoms in total. The van der Waals surface area contributed by atoms with Gasteiger partial charge in [0.15, 0.2) is 11.6 Å².